The van der Waals surface area contributed by atoms with Gasteiger partial charge in [0.2, 0.25) is 0 Å². The first-order valence-corrected chi connectivity index (χ1v) is 8.26. The highest BCUT2D eigenvalue weighted by Crippen LogP contribution is 2.29. The van der Waals surface area contributed by atoms with E-state index in [0.717, 1.165) is 22.8 Å². The molecule has 1 fully saturated rings. The van der Waals surface area contributed by atoms with Crippen LogP contribution in [0, 0.1) is 5.92 Å². The largest absolute Gasteiger partial charge is 0.374 e. The Balaban J connectivity index is 2.07. The van der Waals surface area contributed by atoms with E-state index in [1.165, 1.54) is 43.4 Å². The maximum atomic E-state index is 6.12. The molecule has 1 nitrogen and oxygen atoms in total. The quantitative estimate of drug-likeness (QED) is 0.681. The van der Waals surface area contributed by atoms with Gasteiger partial charge in [-0.3, -0.25) is 0 Å². The third-order valence-corrected chi connectivity index (χ3v) is 4.70. The van der Waals surface area contributed by atoms with Gasteiger partial charge in [-0.15, -0.1) is 0 Å². The smallest absolute Gasteiger partial charge is 0.0426 e. The molecule has 0 heterocycles. The van der Waals surface area contributed by atoms with Crippen LogP contribution in [0.15, 0.2) is 18.2 Å². The van der Waals surface area contributed by atoms with Crippen LogP contribution in [0.1, 0.15) is 37.7 Å². The highest BCUT2D eigenvalue weighted by atomic mass is 79.9. The van der Waals surface area contributed by atoms with Crippen molar-refractivity contribution in [3.63, 3.8) is 0 Å². The van der Waals surface area contributed by atoms with Crippen molar-refractivity contribution in [2.45, 2.75) is 37.4 Å². The molecule has 1 aliphatic carbocycles. The molecule has 1 aromatic carbocycles. The van der Waals surface area contributed by atoms with Crippen molar-refractivity contribution in [2.24, 2.45) is 5.92 Å². The second kappa shape index (κ2) is 6.81. The first-order valence-electron chi connectivity index (χ1n) is 6.76. The summed E-state index contributed by atoms with van der Waals surface area (Å²) in [6.07, 6.45) is 6.99. The van der Waals surface area contributed by atoms with Gasteiger partial charge >= 0.3 is 0 Å². The lowest BCUT2D eigenvalue weighted by Gasteiger charge is -2.29. The molecule has 1 saturated carbocycles. The van der Waals surface area contributed by atoms with E-state index in [1.807, 2.05) is 6.07 Å². The summed E-state index contributed by atoms with van der Waals surface area (Å²) in [5.41, 5.74) is 2.59. The molecule has 0 bridgehead atoms. The first kappa shape index (κ1) is 14.2. The van der Waals surface area contributed by atoms with E-state index in [0.29, 0.717) is 0 Å². The molecule has 0 amide bonds. The summed E-state index contributed by atoms with van der Waals surface area (Å²) < 4.78 is 0. The van der Waals surface area contributed by atoms with Crippen molar-refractivity contribution in [3.05, 3.63) is 28.8 Å². The van der Waals surface area contributed by atoms with Gasteiger partial charge in [0.15, 0.2) is 0 Å². The maximum absolute atomic E-state index is 6.12. The Morgan fingerprint density at radius 1 is 1.28 bits per heavy atom. The molecule has 1 aromatic rings. The number of anilines is 1. The minimum Gasteiger partial charge on any atom is -0.374 e. The lowest BCUT2D eigenvalue weighted by Crippen LogP contribution is -2.27. The van der Waals surface area contributed by atoms with Crippen LogP contribution in [-0.4, -0.2) is 13.6 Å². The Morgan fingerprint density at radius 2 is 2.00 bits per heavy atom. The monoisotopic (exact) mass is 329 g/mol. The Labute approximate surface area is 124 Å². The number of benzene rings is 1. The normalized spacial score (nSPS) is 16.8. The molecule has 2 rings (SSSR count). The first-order chi connectivity index (χ1) is 8.70. The van der Waals surface area contributed by atoms with E-state index in [2.05, 4.69) is 40.0 Å². The fraction of sp³-hybridized carbons (Fsp3) is 0.600. The molecule has 0 saturated heterocycles. The number of nitrogens with zero attached hydrogens (tertiary/aromatic N) is 1. The number of halogens is 2. The summed E-state index contributed by atoms with van der Waals surface area (Å²) in [5, 5.41) is 1.71. The van der Waals surface area contributed by atoms with E-state index >= 15 is 0 Å². The highest BCUT2D eigenvalue weighted by Gasteiger charge is 2.17. The SMILES string of the molecule is CN(CC1CCCCC1)c1cc(Cl)ccc1CBr. The van der Waals surface area contributed by atoms with Crippen molar-refractivity contribution >= 4 is 33.2 Å². The molecule has 0 spiro atoms. The second-order valence-corrected chi connectivity index (χ2v) is 6.29. The molecule has 0 radical (unpaired) electrons. The van der Waals surface area contributed by atoms with Gasteiger partial charge in [0.1, 0.15) is 0 Å². The molecular weight excluding hydrogens is 310 g/mol. The lowest BCUT2D eigenvalue weighted by molar-refractivity contribution is 0.362. The fourth-order valence-corrected chi connectivity index (χ4v) is 3.50. The van der Waals surface area contributed by atoms with Gasteiger partial charge in [0.25, 0.3) is 0 Å². The Morgan fingerprint density at radius 3 is 2.67 bits per heavy atom. The molecule has 0 aliphatic heterocycles. The van der Waals surface area contributed by atoms with Crippen LogP contribution in [0.2, 0.25) is 5.02 Å². The van der Waals surface area contributed by atoms with Crippen molar-refractivity contribution in [3.8, 4) is 0 Å². The number of hydrogen-bond donors (Lipinski definition) is 0. The Bertz CT molecular complexity index is 388. The maximum Gasteiger partial charge on any atom is 0.0426 e. The summed E-state index contributed by atoms with van der Waals surface area (Å²) in [5.74, 6) is 0.853. The van der Waals surface area contributed by atoms with Gasteiger partial charge in [-0.05, 0) is 36.5 Å². The summed E-state index contributed by atoms with van der Waals surface area (Å²) in [6, 6.07) is 6.17. The van der Waals surface area contributed by atoms with E-state index in [9.17, 15) is 0 Å². The molecule has 0 unspecified atom stereocenters. The van der Waals surface area contributed by atoms with Gasteiger partial charge in [0, 0.05) is 29.6 Å². The van der Waals surface area contributed by atoms with Gasteiger partial charge in [-0.2, -0.15) is 0 Å². The summed E-state index contributed by atoms with van der Waals surface area (Å²) in [6.45, 7) is 1.15. The number of hydrogen-bond acceptors (Lipinski definition) is 1. The zero-order chi connectivity index (χ0) is 13.0. The van der Waals surface area contributed by atoms with Crippen LogP contribution in [0.3, 0.4) is 0 Å². The van der Waals surface area contributed by atoms with Crippen molar-refractivity contribution in [2.75, 3.05) is 18.5 Å². The zero-order valence-corrected chi connectivity index (χ0v) is 13.3. The van der Waals surface area contributed by atoms with E-state index < -0.39 is 0 Å². The van der Waals surface area contributed by atoms with Gasteiger partial charge in [0.05, 0.1) is 0 Å². The van der Waals surface area contributed by atoms with E-state index in [-0.39, 0.29) is 0 Å². The van der Waals surface area contributed by atoms with E-state index in [4.69, 9.17) is 11.6 Å². The predicted molar refractivity (Wildman–Crippen MR) is 83.9 cm³/mol. The molecular formula is C15H21BrClN. The number of alkyl halides is 1. The standard InChI is InChI=1S/C15H21BrClN/c1-18(11-12-5-3-2-4-6-12)15-9-14(17)8-7-13(15)10-16/h7-9,12H,2-6,10-11H2,1H3. The number of rotatable bonds is 4. The van der Waals surface area contributed by atoms with Crippen LogP contribution >= 0.6 is 27.5 Å². The van der Waals surface area contributed by atoms with E-state index in [1.54, 1.807) is 0 Å². The van der Waals surface area contributed by atoms with Gasteiger partial charge in [-0.1, -0.05) is 52.9 Å². The Hall–Kier alpha value is -0.210. The summed E-state index contributed by atoms with van der Waals surface area (Å²) in [4.78, 5) is 2.37. The fourth-order valence-electron chi connectivity index (χ4n) is 2.86. The van der Waals surface area contributed by atoms with Crippen LogP contribution in [-0.2, 0) is 5.33 Å². The van der Waals surface area contributed by atoms with Gasteiger partial charge < -0.3 is 4.90 Å². The predicted octanol–water partition coefficient (Wildman–Crippen LogP) is 5.25. The lowest BCUT2D eigenvalue weighted by atomic mass is 9.89. The zero-order valence-electron chi connectivity index (χ0n) is 11.0. The molecule has 18 heavy (non-hydrogen) atoms. The summed E-state index contributed by atoms with van der Waals surface area (Å²) >= 11 is 9.68. The van der Waals surface area contributed by atoms with Crippen molar-refractivity contribution in [1.82, 2.24) is 0 Å². The third-order valence-electron chi connectivity index (χ3n) is 3.86. The van der Waals surface area contributed by atoms with Crippen LogP contribution in [0.5, 0.6) is 0 Å². The highest BCUT2D eigenvalue weighted by molar-refractivity contribution is 9.08. The molecule has 0 aromatic heterocycles. The van der Waals surface area contributed by atoms with Crippen molar-refractivity contribution in [1.29, 1.82) is 0 Å². The van der Waals surface area contributed by atoms with Crippen molar-refractivity contribution < 1.29 is 0 Å². The molecule has 0 atom stereocenters. The molecule has 100 valence electrons. The second-order valence-electron chi connectivity index (χ2n) is 5.29. The minimum atomic E-state index is 0.824. The molecule has 1 aliphatic rings. The minimum absolute atomic E-state index is 0.824. The Kier molecular flexibility index (Phi) is 5.38. The molecule has 3 heteroatoms. The van der Waals surface area contributed by atoms with Crippen LogP contribution in [0.4, 0.5) is 5.69 Å². The molecule has 0 N–H and O–H groups in total. The van der Waals surface area contributed by atoms with Crippen LogP contribution in [0.25, 0.3) is 0 Å². The van der Waals surface area contributed by atoms with Gasteiger partial charge in [-0.25, -0.2) is 0 Å². The third kappa shape index (κ3) is 3.64. The average Bonchev–Trinajstić information content (AvgIpc) is 2.40. The topological polar surface area (TPSA) is 3.24 Å². The van der Waals surface area contributed by atoms with Crippen LogP contribution < -0.4 is 4.90 Å². The average molecular weight is 331 g/mol. The summed E-state index contributed by atoms with van der Waals surface area (Å²) in [7, 11) is 2.19.